The van der Waals surface area contributed by atoms with Crippen molar-refractivity contribution in [2.75, 3.05) is 27.2 Å². The minimum Gasteiger partial charge on any atom is -0.760 e. The van der Waals surface area contributed by atoms with Gasteiger partial charge in [-0.25, -0.2) is 4.72 Å². The second-order valence-electron chi connectivity index (χ2n) is 2.29. The summed E-state index contributed by atoms with van der Waals surface area (Å²) in [6, 6.07) is 0. The second kappa shape index (κ2) is 9.12. The molecule has 6 heteroatoms. The summed E-state index contributed by atoms with van der Waals surface area (Å²) in [7, 11) is 3.91. The van der Waals surface area contributed by atoms with Crippen molar-refractivity contribution in [3.05, 3.63) is 0 Å². The number of nitrogens with one attached hydrogen (secondary N) is 1. The van der Waals surface area contributed by atoms with E-state index in [2.05, 4.69) is 4.72 Å². The first-order valence-corrected chi connectivity index (χ1v) is 4.18. The van der Waals surface area contributed by atoms with Crippen LogP contribution in [0.1, 0.15) is 6.42 Å². The van der Waals surface area contributed by atoms with E-state index >= 15 is 0 Å². The molecular weight excluding hydrogens is 175 g/mol. The molecule has 0 amide bonds. The monoisotopic (exact) mass is 188 g/mol. The Morgan fingerprint density at radius 1 is 1.55 bits per heavy atom. The molecule has 0 fully saturated rings. The molecule has 0 aliphatic carbocycles. The Kier molecular flexibility index (Phi) is 12.1. The summed E-state index contributed by atoms with van der Waals surface area (Å²) in [6.07, 6.45) is 0.848. The molecule has 0 aromatic carbocycles. The number of nitrogens with zero attached hydrogens (tertiary/aromatic N) is 1. The quantitative estimate of drug-likeness (QED) is 0.340. The van der Waals surface area contributed by atoms with E-state index in [-0.39, 0.29) is 29.6 Å². The Balaban J connectivity index is 0. The Morgan fingerprint density at radius 2 is 2.09 bits per heavy atom. The van der Waals surface area contributed by atoms with Gasteiger partial charge in [0.05, 0.1) is 0 Å². The predicted octanol–water partition coefficient (Wildman–Crippen LogP) is -1.06. The summed E-state index contributed by atoms with van der Waals surface area (Å²) in [5.74, 6) is 0. The van der Waals surface area contributed by atoms with Crippen LogP contribution >= 0.6 is 0 Å². The van der Waals surface area contributed by atoms with Crippen LogP contribution in [0, 0.1) is 0 Å². The summed E-state index contributed by atoms with van der Waals surface area (Å²) in [5, 5.41) is 0. The molecule has 4 nitrogen and oxygen atoms in total. The average Bonchev–Trinajstić information content (AvgIpc) is 1.79. The Bertz CT molecular complexity index is 113. The normalized spacial score (nSPS) is 12.7. The fourth-order valence-corrected chi connectivity index (χ4v) is 0.862. The number of hydrogen-bond acceptors (Lipinski definition) is 3. The summed E-state index contributed by atoms with van der Waals surface area (Å²) in [5.41, 5.74) is 0. The van der Waals surface area contributed by atoms with Gasteiger partial charge in [-0.15, -0.1) is 0 Å². The maximum atomic E-state index is 9.92. The SMILES string of the molecule is CN(C)CCCNS(=O)[O-].[Na]. The molecule has 0 saturated heterocycles. The van der Waals surface area contributed by atoms with Crippen LogP contribution in [0.4, 0.5) is 0 Å². The van der Waals surface area contributed by atoms with Crippen molar-refractivity contribution in [2.24, 2.45) is 0 Å². The number of rotatable bonds is 5. The van der Waals surface area contributed by atoms with Gasteiger partial charge in [-0.3, -0.25) is 4.21 Å². The molecule has 0 bridgehead atoms. The van der Waals surface area contributed by atoms with Crippen LogP contribution < -0.4 is 4.72 Å². The van der Waals surface area contributed by atoms with E-state index in [1.807, 2.05) is 19.0 Å². The average molecular weight is 188 g/mol. The third-order valence-corrected chi connectivity index (χ3v) is 1.44. The fraction of sp³-hybridized carbons (Fsp3) is 1.00. The predicted molar refractivity (Wildman–Crippen MR) is 45.8 cm³/mol. The van der Waals surface area contributed by atoms with Gasteiger partial charge in [-0.2, -0.15) is 0 Å². The van der Waals surface area contributed by atoms with Gasteiger partial charge < -0.3 is 9.45 Å². The van der Waals surface area contributed by atoms with Crippen LogP contribution in [0.2, 0.25) is 0 Å². The van der Waals surface area contributed by atoms with Crippen LogP contribution in [-0.2, 0) is 11.3 Å². The van der Waals surface area contributed by atoms with Crippen molar-refractivity contribution in [2.45, 2.75) is 6.42 Å². The molecule has 0 aromatic rings. The van der Waals surface area contributed by atoms with Gasteiger partial charge in [0.2, 0.25) is 0 Å². The van der Waals surface area contributed by atoms with E-state index in [0.717, 1.165) is 13.0 Å². The molecule has 0 aromatic heterocycles. The van der Waals surface area contributed by atoms with Crippen molar-refractivity contribution in [1.82, 2.24) is 9.62 Å². The Morgan fingerprint density at radius 3 is 2.45 bits per heavy atom. The van der Waals surface area contributed by atoms with E-state index < -0.39 is 11.3 Å². The van der Waals surface area contributed by atoms with Crippen LogP contribution in [0.5, 0.6) is 0 Å². The molecule has 11 heavy (non-hydrogen) atoms. The maximum Gasteiger partial charge on any atom is 0.0181 e. The zero-order valence-electron chi connectivity index (χ0n) is 7.29. The standard InChI is InChI=1S/C5H14N2O2S.Na/c1-7(2)5-3-4-6-10(8)9;/h6H,3-5H2,1-2H3,(H,8,9);/p-1. The van der Waals surface area contributed by atoms with Crippen molar-refractivity contribution in [1.29, 1.82) is 0 Å². The van der Waals surface area contributed by atoms with E-state index in [0.29, 0.717) is 6.54 Å². The van der Waals surface area contributed by atoms with Crippen LogP contribution in [0.25, 0.3) is 0 Å². The molecule has 0 rings (SSSR count). The van der Waals surface area contributed by atoms with Crippen molar-refractivity contribution in [3.8, 4) is 0 Å². The van der Waals surface area contributed by atoms with Gasteiger partial charge in [-0.1, -0.05) is 0 Å². The van der Waals surface area contributed by atoms with Crippen LogP contribution in [0.3, 0.4) is 0 Å². The first-order chi connectivity index (χ1) is 4.63. The fourth-order valence-electron chi connectivity index (χ4n) is 0.551. The van der Waals surface area contributed by atoms with E-state index in [1.165, 1.54) is 0 Å². The van der Waals surface area contributed by atoms with Crippen LogP contribution in [-0.4, -0.2) is 70.4 Å². The molecular formula is C5H13N2NaO2S-. The molecule has 0 saturated carbocycles. The Labute approximate surface area is 92.4 Å². The van der Waals surface area contributed by atoms with Gasteiger partial charge in [0.25, 0.3) is 0 Å². The second-order valence-corrected chi connectivity index (χ2v) is 3.04. The summed E-state index contributed by atoms with van der Waals surface area (Å²) in [6.45, 7) is 1.43. The first-order valence-electron chi connectivity index (χ1n) is 3.10. The molecule has 0 aliphatic rings. The van der Waals surface area contributed by atoms with Gasteiger partial charge in [0.15, 0.2) is 0 Å². The minimum absolute atomic E-state index is 0. The molecule has 0 spiro atoms. The van der Waals surface area contributed by atoms with Crippen molar-refractivity contribution in [3.63, 3.8) is 0 Å². The van der Waals surface area contributed by atoms with Crippen molar-refractivity contribution >= 4 is 40.8 Å². The Hall–Kier alpha value is 1.03. The molecule has 0 aliphatic heterocycles. The maximum absolute atomic E-state index is 9.92. The smallest absolute Gasteiger partial charge is 0.0181 e. The topological polar surface area (TPSA) is 55.4 Å². The molecule has 1 radical (unpaired) electrons. The van der Waals surface area contributed by atoms with Crippen LogP contribution in [0.15, 0.2) is 0 Å². The zero-order valence-corrected chi connectivity index (χ0v) is 10.1. The summed E-state index contributed by atoms with van der Waals surface area (Å²) < 4.78 is 22.1. The molecule has 0 heterocycles. The van der Waals surface area contributed by atoms with E-state index in [9.17, 15) is 8.76 Å². The zero-order chi connectivity index (χ0) is 7.98. The van der Waals surface area contributed by atoms with Gasteiger partial charge in [0.1, 0.15) is 0 Å². The first kappa shape index (κ1) is 14.5. The van der Waals surface area contributed by atoms with Gasteiger partial charge in [-0.05, 0) is 27.1 Å². The third kappa shape index (κ3) is 13.9. The third-order valence-electron chi connectivity index (χ3n) is 1.00. The number of hydrogen-bond donors (Lipinski definition) is 1. The summed E-state index contributed by atoms with van der Waals surface area (Å²) >= 11 is -2.10. The summed E-state index contributed by atoms with van der Waals surface area (Å²) in [4.78, 5) is 2.01. The molecule has 1 unspecified atom stereocenters. The molecule has 1 atom stereocenters. The molecule has 1 N–H and O–H groups in total. The van der Waals surface area contributed by atoms with E-state index in [4.69, 9.17) is 0 Å². The van der Waals surface area contributed by atoms with Gasteiger partial charge >= 0.3 is 0 Å². The van der Waals surface area contributed by atoms with Gasteiger partial charge in [0, 0.05) is 47.4 Å². The molecule has 63 valence electrons. The van der Waals surface area contributed by atoms with Crippen molar-refractivity contribution < 1.29 is 8.76 Å². The van der Waals surface area contributed by atoms with E-state index in [1.54, 1.807) is 0 Å². The minimum atomic E-state index is -2.10. The largest absolute Gasteiger partial charge is 0.760 e.